The largest absolute Gasteiger partial charge is 0.397 e. The molecule has 0 aromatic heterocycles. The number of nitrogen functional groups attached to an aromatic ring is 1. The number of fused-ring (bicyclic) bond motifs is 2. The van der Waals surface area contributed by atoms with Gasteiger partial charge in [-0.05, 0) is 69.8 Å². The highest BCUT2D eigenvalue weighted by Gasteiger charge is 2.37. The minimum Gasteiger partial charge on any atom is -0.397 e. The molecule has 1 aliphatic carbocycles. The molecule has 2 N–H and O–H groups in total. The maximum atomic E-state index is 6.56. The average Bonchev–Trinajstić information content (AvgIpc) is 2.64. The van der Waals surface area contributed by atoms with E-state index in [4.69, 9.17) is 5.73 Å². The van der Waals surface area contributed by atoms with Gasteiger partial charge in [0.15, 0.2) is 0 Å². The molecule has 3 aromatic carbocycles. The van der Waals surface area contributed by atoms with E-state index in [1.54, 1.807) is 0 Å². The third-order valence-electron chi connectivity index (χ3n) is 6.48. The van der Waals surface area contributed by atoms with Crippen molar-refractivity contribution in [1.29, 1.82) is 0 Å². The highest BCUT2D eigenvalue weighted by Crippen LogP contribution is 2.48. The molecule has 27 heavy (non-hydrogen) atoms. The van der Waals surface area contributed by atoms with Gasteiger partial charge >= 0.3 is 0 Å². The summed E-state index contributed by atoms with van der Waals surface area (Å²) in [5.74, 6) is 0. The summed E-state index contributed by atoms with van der Waals surface area (Å²) in [7, 11) is 2.11. The Balaban J connectivity index is 1.83. The molecule has 0 saturated carbocycles. The fraction of sp³-hybridized carbons (Fsp3) is 0.360. The van der Waals surface area contributed by atoms with Crippen LogP contribution in [0, 0.1) is 0 Å². The topological polar surface area (TPSA) is 29.3 Å². The predicted molar refractivity (Wildman–Crippen MR) is 118 cm³/mol. The number of hydrogen-bond acceptors (Lipinski definition) is 2. The van der Waals surface area contributed by atoms with Crippen molar-refractivity contribution < 1.29 is 0 Å². The van der Waals surface area contributed by atoms with Crippen molar-refractivity contribution in [3.8, 4) is 0 Å². The summed E-state index contributed by atoms with van der Waals surface area (Å²) in [6.45, 7) is 9.40. The van der Waals surface area contributed by atoms with Gasteiger partial charge in [-0.15, -0.1) is 0 Å². The van der Waals surface area contributed by atoms with Crippen molar-refractivity contribution in [1.82, 2.24) is 0 Å². The molecule has 4 rings (SSSR count). The van der Waals surface area contributed by atoms with Crippen LogP contribution in [0.4, 0.5) is 17.1 Å². The van der Waals surface area contributed by atoms with E-state index in [1.807, 2.05) is 0 Å². The fourth-order valence-electron chi connectivity index (χ4n) is 4.43. The van der Waals surface area contributed by atoms with Gasteiger partial charge in [0.05, 0.1) is 11.4 Å². The van der Waals surface area contributed by atoms with Crippen LogP contribution < -0.4 is 10.6 Å². The van der Waals surface area contributed by atoms with E-state index >= 15 is 0 Å². The van der Waals surface area contributed by atoms with Gasteiger partial charge in [-0.3, -0.25) is 0 Å². The van der Waals surface area contributed by atoms with Gasteiger partial charge in [0.25, 0.3) is 0 Å². The standard InChI is InChI=1S/C25H30N2/c1-24(2)12-13-25(3,4)21-16-23(22(26)15-20(21)24)27(5)19-11-10-17-8-6-7-9-18(17)14-19/h6-11,14-16H,12-13,26H2,1-5H3. The summed E-state index contributed by atoms with van der Waals surface area (Å²) in [5, 5.41) is 2.51. The Bertz CT molecular complexity index is 1010. The van der Waals surface area contributed by atoms with Crippen molar-refractivity contribution in [2.24, 2.45) is 0 Å². The van der Waals surface area contributed by atoms with Crippen LogP contribution in [0.25, 0.3) is 10.8 Å². The van der Waals surface area contributed by atoms with Crippen LogP contribution in [-0.4, -0.2) is 7.05 Å². The summed E-state index contributed by atoms with van der Waals surface area (Å²) in [6.07, 6.45) is 2.41. The van der Waals surface area contributed by atoms with Crippen molar-refractivity contribution in [2.45, 2.75) is 51.4 Å². The lowest BCUT2D eigenvalue weighted by Gasteiger charge is -2.42. The van der Waals surface area contributed by atoms with Gasteiger partial charge in [-0.25, -0.2) is 0 Å². The highest BCUT2D eigenvalue weighted by atomic mass is 15.1. The van der Waals surface area contributed by atoms with Crippen molar-refractivity contribution in [2.75, 3.05) is 17.7 Å². The molecular weight excluding hydrogens is 328 g/mol. The zero-order valence-corrected chi connectivity index (χ0v) is 17.1. The molecule has 0 heterocycles. The second-order valence-electron chi connectivity index (χ2n) is 9.31. The average molecular weight is 359 g/mol. The van der Waals surface area contributed by atoms with E-state index < -0.39 is 0 Å². The molecular formula is C25H30N2. The second-order valence-corrected chi connectivity index (χ2v) is 9.31. The van der Waals surface area contributed by atoms with E-state index in [0.29, 0.717) is 0 Å². The lowest BCUT2D eigenvalue weighted by atomic mass is 9.63. The molecule has 0 atom stereocenters. The Hall–Kier alpha value is -2.48. The number of anilines is 3. The van der Waals surface area contributed by atoms with Gasteiger partial charge in [0, 0.05) is 12.7 Å². The summed E-state index contributed by atoms with van der Waals surface area (Å²) >= 11 is 0. The second kappa shape index (κ2) is 6.02. The first-order valence-corrected chi connectivity index (χ1v) is 9.86. The zero-order chi connectivity index (χ0) is 19.4. The van der Waals surface area contributed by atoms with Gasteiger partial charge in [0.2, 0.25) is 0 Å². The van der Waals surface area contributed by atoms with Crippen LogP contribution in [-0.2, 0) is 10.8 Å². The van der Waals surface area contributed by atoms with Crippen LogP contribution in [0.3, 0.4) is 0 Å². The molecule has 140 valence electrons. The van der Waals surface area contributed by atoms with Crippen LogP contribution in [0.2, 0.25) is 0 Å². The first kappa shape index (κ1) is 17.9. The molecule has 0 unspecified atom stereocenters. The minimum atomic E-state index is 0.178. The number of hydrogen-bond donors (Lipinski definition) is 1. The van der Waals surface area contributed by atoms with E-state index in [9.17, 15) is 0 Å². The SMILES string of the molecule is CN(c1ccc2ccccc2c1)c1cc2c(cc1N)C(C)(C)CCC2(C)C. The summed E-state index contributed by atoms with van der Waals surface area (Å²) < 4.78 is 0. The van der Waals surface area contributed by atoms with Gasteiger partial charge in [-0.2, -0.15) is 0 Å². The first-order valence-electron chi connectivity index (χ1n) is 9.86. The smallest absolute Gasteiger partial charge is 0.0644 e. The normalized spacial score (nSPS) is 17.5. The predicted octanol–water partition coefficient (Wildman–Crippen LogP) is 6.54. The summed E-state index contributed by atoms with van der Waals surface area (Å²) in [6, 6.07) is 19.6. The van der Waals surface area contributed by atoms with Gasteiger partial charge in [0.1, 0.15) is 0 Å². The van der Waals surface area contributed by atoms with Gasteiger partial charge < -0.3 is 10.6 Å². The highest BCUT2D eigenvalue weighted by molar-refractivity contribution is 5.88. The molecule has 0 amide bonds. The van der Waals surface area contributed by atoms with E-state index in [1.165, 1.54) is 34.7 Å². The maximum absolute atomic E-state index is 6.56. The van der Waals surface area contributed by atoms with Gasteiger partial charge in [-0.1, -0.05) is 58.0 Å². The van der Waals surface area contributed by atoms with E-state index in [0.717, 1.165) is 17.1 Å². The van der Waals surface area contributed by atoms with Crippen molar-refractivity contribution >= 4 is 27.8 Å². The molecule has 0 saturated heterocycles. The lowest BCUT2D eigenvalue weighted by Crippen LogP contribution is -2.34. The monoisotopic (exact) mass is 358 g/mol. The Kier molecular flexibility index (Phi) is 3.99. The molecule has 0 fully saturated rings. The maximum Gasteiger partial charge on any atom is 0.0644 e. The molecule has 2 heteroatoms. The van der Waals surface area contributed by atoms with Crippen molar-refractivity contribution in [3.05, 3.63) is 65.7 Å². The van der Waals surface area contributed by atoms with Crippen molar-refractivity contribution in [3.63, 3.8) is 0 Å². The van der Waals surface area contributed by atoms with E-state index in [-0.39, 0.29) is 10.8 Å². The minimum absolute atomic E-state index is 0.178. The number of nitrogens with two attached hydrogens (primary N) is 1. The first-order chi connectivity index (χ1) is 12.7. The zero-order valence-electron chi connectivity index (χ0n) is 17.1. The molecule has 2 nitrogen and oxygen atoms in total. The molecule has 3 aromatic rings. The number of nitrogens with zero attached hydrogens (tertiary/aromatic N) is 1. The Morgan fingerprint density at radius 2 is 1.37 bits per heavy atom. The summed E-state index contributed by atoms with van der Waals surface area (Å²) in [4.78, 5) is 2.22. The third-order valence-corrected chi connectivity index (χ3v) is 6.48. The number of benzene rings is 3. The van der Waals surface area contributed by atoms with Crippen LogP contribution in [0.15, 0.2) is 54.6 Å². The van der Waals surface area contributed by atoms with E-state index in [2.05, 4.69) is 94.2 Å². The molecule has 0 spiro atoms. The molecule has 0 aliphatic heterocycles. The molecule has 0 radical (unpaired) electrons. The Morgan fingerprint density at radius 1 is 0.778 bits per heavy atom. The molecule has 1 aliphatic rings. The fourth-order valence-corrected chi connectivity index (χ4v) is 4.43. The van der Waals surface area contributed by atoms with Crippen LogP contribution >= 0.6 is 0 Å². The summed E-state index contributed by atoms with van der Waals surface area (Å²) in [5.41, 5.74) is 12.9. The Labute approximate surface area is 163 Å². The number of rotatable bonds is 2. The lowest BCUT2D eigenvalue weighted by molar-refractivity contribution is 0.332. The Morgan fingerprint density at radius 3 is 2.04 bits per heavy atom. The molecule has 0 bridgehead atoms. The third kappa shape index (κ3) is 2.97. The van der Waals surface area contributed by atoms with Crippen LogP contribution in [0.5, 0.6) is 0 Å². The quantitative estimate of drug-likeness (QED) is 0.527. The van der Waals surface area contributed by atoms with Crippen LogP contribution in [0.1, 0.15) is 51.7 Å².